The van der Waals surface area contributed by atoms with Crippen molar-refractivity contribution in [3.05, 3.63) is 51.1 Å². The Morgan fingerprint density at radius 2 is 2.13 bits per heavy atom. The summed E-state index contributed by atoms with van der Waals surface area (Å²) in [4.78, 5) is 14.5. The number of halogens is 1. The first-order chi connectivity index (χ1) is 11.1. The molecule has 0 saturated heterocycles. The van der Waals surface area contributed by atoms with Crippen molar-refractivity contribution in [2.45, 2.75) is 19.5 Å². The van der Waals surface area contributed by atoms with Crippen LogP contribution < -0.4 is 5.32 Å². The molecule has 1 amide bonds. The minimum Gasteiger partial charge on any atom is -0.347 e. The number of benzene rings is 1. The predicted molar refractivity (Wildman–Crippen MR) is 91.8 cm³/mol. The van der Waals surface area contributed by atoms with Crippen molar-refractivity contribution in [3.63, 3.8) is 0 Å². The van der Waals surface area contributed by atoms with E-state index in [2.05, 4.69) is 36.7 Å². The second-order valence-corrected chi connectivity index (χ2v) is 6.85. The van der Waals surface area contributed by atoms with E-state index >= 15 is 0 Å². The Hall–Kier alpha value is -2.06. The molecule has 1 N–H and O–H groups in total. The summed E-state index contributed by atoms with van der Waals surface area (Å²) < 4.78 is 0.982. The van der Waals surface area contributed by atoms with E-state index in [1.807, 2.05) is 48.7 Å². The van der Waals surface area contributed by atoms with Crippen LogP contribution in [0.3, 0.4) is 0 Å². The normalized spacial score (nSPS) is 12.1. The van der Waals surface area contributed by atoms with E-state index in [1.54, 1.807) is 11.3 Å². The zero-order chi connectivity index (χ0) is 16.2. The Kier molecular flexibility index (Phi) is 4.82. The van der Waals surface area contributed by atoms with Gasteiger partial charge in [-0.15, -0.1) is 21.5 Å². The highest BCUT2D eigenvalue weighted by molar-refractivity contribution is 9.10. The quantitative estimate of drug-likeness (QED) is 0.725. The van der Waals surface area contributed by atoms with Crippen molar-refractivity contribution in [3.8, 4) is 11.4 Å². The summed E-state index contributed by atoms with van der Waals surface area (Å²) in [6.07, 6.45) is 0. The van der Waals surface area contributed by atoms with E-state index < -0.39 is 0 Å². The van der Waals surface area contributed by atoms with Crippen LogP contribution >= 0.6 is 27.3 Å². The van der Waals surface area contributed by atoms with Gasteiger partial charge in [0.25, 0.3) is 0 Å². The molecule has 1 atom stereocenters. The highest BCUT2D eigenvalue weighted by Crippen LogP contribution is 2.18. The largest absolute Gasteiger partial charge is 0.347 e. The summed E-state index contributed by atoms with van der Waals surface area (Å²) in [5, 5.41) is 17.1. The lowest BCUT2D eigenvalue weighted by molar-refractivity contribution is -0.122. The highest BCUT2D eigenvalue weighted by Gasteiger charge is 2.13. The molecule has 8 heteroatoms. The number of nitrogens with one attached hydrogen (secondary N) is 1. The van der Waals surface area contributed by atoms with E-state index in [4.69, 9.17) is 0 Å². The number of hydrogen-bond acceptors (Lipinski definition) is 5. The van der Waals surface area contributed by atoms with E-state index in [0.29, 0.717) is 5.82 Å². The molecule has 0 fully saturated rings. The van der Waals surface area contributed by atoms with Crippen molar-refractivity contribution >= 4 is 33.2 Å². The molecule has 23 heavy (non-hydrogen) atoms. The Balaban J connectivity index is 1.62. The van der Waals surface area contributed by atoms with Crippen molar-refractivity contribution in [2.75, 3.05) is 0 Å². The molecule has 1 aromatic carbocycles. The van der Waals surface area contributed by atoms with Gasteiger partial charge in [-0.3, -0.25) is 4.79 Å². The zero-order valence-corrected chi connectivity index (χ0v) is 14.7. The van der Waals surface area contributed by atoms with Gasteiger partial charge in [0, 0.05) is 14.9 Å². The topological polar surface area (TPSA) is 72.7 Å². The molecule has 2 heterocycles. The van der Waals surface area contributed by atoms with Crippen LogP contribution in [0.1, 0.15) is 17.8 Å². The first-order valence-electron chi connectivity index (χ1n) is 6.98. The molecule has 0 radical (unpaired) electrons. The predicted octanol–water partition coefficient (Wildman–Crippen LogP) is 3.04. The number of carbonyl (C=O) groups is 1. The molecular weight excluding hydrogens is 378 g/mol. The van der Waals surface area contributed by atoms with Crippen molar-refractivity contribution in [1.29, 1.82) is 0 Å². The van der Waals surface area contributed by atoms with Crippen LogP contribution in [-0.2, 0) is 11.3 Å². The lowest BCUT2D eigenvalue weighted by Crippen LogP contribution is -2.30. The van der Waals surface area contributed by atoms with E-state index in [9.17, 15) is 4.79 Å². The van der Waals surface area contributed by atoms with Crippen LogP contribution in [-0.4, -0.2) is 26.1 Å². The van der Waals surface area contributed by atoms with Crippen LogP contribution in [0, 0.1) is 0 Å². The van der Waals surface area contributed by atoms with Crippen molar-refractivity contribution in [1.82, 2.24) is 25.5 Å². The number of nitrogens with zero attached hydrogens (tertiary/aromatic N) is 4. The summed E-state index contributed by atoms with van der Waals surface area (Å²) in [6, 6.07) is 11.5. The fraction of sp³-hybridized carbons (Fsp3) is 0.200. The third-order valence-electron chi connectivity index (χ3n) is 3.19. The number of carbonyl (C=O) groups excluding carboxylic acids is 1. The molecule has 118 valence electrons. The van der Waals surface area contributed by atoms with Gasteiger partial charge in [-0.25, -0.2) is 0 Å². The maximum absolute atomic E-state index is 12.1. The first kappa shape index (κ1) is 15.8. The third-order valence-corrected chi connectivity index (χ3v) is 4.77. The third kappa shape index (κ3) is 4.02. The number of tetrazole rings is 1. The van der Waals surface area contributed by atoms with Gasteiger partial charge in [-0.1, -0.05) is 22.0 Å². The van der Waals surface area contributed by atoms with Gasteiger partial charge in [0.05, 0.1) is 6.04 Å². The molecule has 0 spiro atoms. The smallest absolute Gasteiger partial charge is 0.244 e. The van der Waals surface area contributed by atoms with Gasteiger partial charge in [-0.05, 0) is 47.8 Å². The average molecular weight is 392 g/mol. The summed E-state index contributed by atoms with van der Waals surface area (Å²) in [5.74, 6) is 0.349. The first-order valence-corrected chi connectivity index (χ1v) is 8.65. The number of thiophene rings is 1. The van der Waals surface area contributed by atoms with Crippen molar-refractivity contribution < 1.29 is 4.79 Å². The molecule has 0 unspecified atom stereocenters. The molecule has 0 aliphatic rings. The van der Waals surface area contributed by atoms with E-state index in [1.165, 1.54) is 4.80 Å². The van der Waals surface area contributed by atoms with Gasteiger partial charge in [-0.2, -0.15) is 4.80 Å². The number of aromatic nitrogens is 4. The van der Waals surface area contributed by atoms with Crippen molar-refractivity contribution in [2.24, 2.45) is 0 Å². The maximum Gasteiger partial charge on any atom is 0.244 e. The standard InChI is InChI=1S/C15H14BrN5OS/c1-10(13-3-2-8-23-13)17-14(22)9-21-19-15(18-20-21)11-4-6-12(16)7-5-11/h2-8,10H,9H2,1H3,(H,17,22)/t10-/m0/s1. The summed E-state index contributed by atoms with van der Waals surface area (Å²) in [7, 11) is 0. The van der Waals surface area contributed by atoms with Gasteiger partial charge in [0.2, 0.25) is 11.7 Å². The molecule has 3 aromatic rings. The molecule has 3 rings (SSSR count). The Morgan fingerprint density at radius 1 is 1.35 bits per heavy atom. The van der Waals surface area contributed by atoms with Crippen LogP contribution in [0.2, 0.25) is 0 Å². The fourth-order valence-electron chi connectivity index (χ4n) is 2.05. The highest BCUT2D eigenvalue weighted by atomic mass is 79.9. The molecule has 0 aliphatic carbocycles. The Labute approximate surface area is 145 Å². The van der Waals surface area contributed by atoms with Gasteiger partial charge in [0.15, 0.2) is 0 Å². The number of hydrogen-bond donors (Lipinski definition) is 1. The lowest BCUT2D eigenvalue weighted by Gasteiger charge is -2.11. The van der Waals surface area contributed by atoms with Crippen LogP contribution in [0.25, 0.3) is 11.4 Å². The molecule has 2 aromatic heterocycles. The summed E-state index contributed by atoms with van der Waals surface area (Å²) in [6.45, 7) is 1.99. The summed E-state index contributed by atoms with van der Waals surface area (Å²) in [5.41, 5.74) is 0.854. The molecule has 0 aliphatic heterocycles. The minimum absolute atomic E-state index is 0.0306. The zero-order valence-electron chi connectivity index (χ0n) is 12.3. The number of rotatable bonds is 5. The molecular formula is C15H14BrN5OS. The Bertz CT molecular complexity index is 785. The Morgan fingerprint density at radius 3 is 2.83 bits per heavy atom. The molecule has 0 saturated carbocycles. The van der Waals surface area contributed by atoms with E-state index in [0.717, 1.165) is 14.9 Å². The average Bonchev–Trinajstić information content (AvgIpc) is 3.19. The molecule has 0 bridgehead atoms. The monoisotopic (exact) mass is 391 g/mol. The van der Waals surface area contributed by atoms with Gasteiger partial charge in [0.1, 0.15) is 6.54 Å². The summed E-state index contributed by atoms with van der Waals surface area (Å²) >= 11 is 4.99. The van der Waals surface area contributed by atoms with Crippen LogP contribution in [0.4, 0.5) is 0 Å². The number of amides is 1. The van der Waals surface area contributed by atoms with Crippen LogP contribution in [0.5, 0.6) is 0 Å². The van der Waals surface area contributed by atoms with Crippen LogP contribution in [0.15, 0.2) is 46.3 Å². The maximum atomic E-state index is 12.1. The second-order valence-electron chi connectivity index (χ2n) is 4.95. The van der Waals surface area contributed by atoms with Gasteiger partial charge >= 0.3 is 0 Å². The van der Waals surface area contributed by atoms with Gasteiger partial charge < -0.3 is 5.32 Å². The minimum atomic E-state index is -0.148. The molecule has 6 nitrogen and oxygen atoms in total. The lowest BCUT2D eigenvalue weighted by atomic mass is 10.2. The van der Waals surface area contributed by atoms with E-state index in [-0.39, 0.29) is 18.5 Å². The fourth-order valence-corrected chi connectivity index (χ4v) is 3.05. The second kappa shape index (κ2) is 7.01. The SMILES string of the molecule is C[C@H](NC(=O)Cn1nnc(-c2ccc(Br)cc2)n1)c1cccs1.